The molecule has 2 aliphatic heterocycles. The zero-order chi connectivity index (χ0) is 28.9. The number of imidazole rings is 1. The number of carbonyl (C=O) groups is 2. The minimum absolute atomic E-state index is 0.0434. The van der Waals surface area contributed by atoms with E-state index in [0.29, 0.717) is 13.2 Å². The number of rotatable bonds is 12. The van der Waals surface area contributed by atoms with Crippen LogP contribution in [0.15, 0.2) is 29.8 Å². The van der Waals surface area contributed by atoms with E-state index in [1.165, 1.54) is 12.3 Å². The van der Waals surface area contributed by atoms with Crippen LogP contribution in [0.5, 0.6) is 0 Å². The third-order valence-corrected chi connectivity index (χ3v) is 11.0. The van der Waals surface area contributed by atoms with Crippen LogP contribution < -0.4 is 0 Å². The van der Waals surface area contributed by atoms with Crippen molar-refractivity contribution in [2.24, 2.45) is 0 Å². The van der Waals surface area contributed by atoms with Crippen molar-refractivity contribution in [3.63, 3.8) is 0 Å². The topological polar surface area (TPSA) is 86.1 Å². The van der Waals surface area contributed by atoms with Gasteiger partial charge in [0.25, 0.3) is 8.53 Å². The molecule has 2 aliphatic rings. The lowest BCUT2D eigenvalue weighted by molar-refractivity contribution is -0.145. The number of nitrogens with zero attached hydrogens (tertiary/aromatic N) is 4. The largest absolute Gasteiger partial charge is 0.349 e. The highest BCUT2D eigenvalue weighted by molar-refractivity contribution is 8.77. The highest BCUT2D eigenvalue weighted by atomic mass is 33.1. The predicted molar refractivity (Wildman–Crippen MR) is 150 cm³/mol. The lowest BCUT2D eigenvalue weighted by Crippen LogP contribution is -2.45. The van der Waals surface area contributed by atoms with Gasteiger partial charge in [-0.25, -0.2) is 14.0 Å². The minimum atomic E-state index is -1.74. The van der Waals surface area contributed by atoms with Crippen LogP contribution in [0.3, 0.4) is 0 Å². The fourth-order valence-electron chi connectivity index (χ4n) is 3.98. The van der Waals surface area contributed by atoms with Crippen LogP contribution in [0, 0.1) is 0 Å². The normalized spacial score (nSPS) is 25.8. The van der Waals surface area contributed by atoms with Crippen LogP contribution in [0.25, 0.3) is 0 Å². The van der Waals surface area contributed by atoms with Crippen molar-refractivity contribution in [1.82, 2.24) is 19.1 Å². The molecule has 13 heteroatoms. The Balaban J connectivity index is 1.74. The van der Waals surface area contributed by atoms with Gasteiger partial charge in [-0.1, -0.05) is 31.6 Å². The van der Waals surface area contributed by atoms with E-state index in [2.05, 4.69) is 30.4 Å². The molecule has 1 aromatic heterocycles. The quantitative estimate of drug-likeness (QED) is 0.176. The fraction of sp³-hybridized carbons (Fsp3) is 0.720. The average Bonchev–Trinajstić information content (AvgIpc) is 3.41. The van der Waals surface area contributed by atoms with E-state index in [9.17, 15) is 9.59 Å². The predicted octanol–water partition coefficient (Wildman–Crippen LogP) is 5.57. The standard InChI is InChI=1S/C25H40FN4O5PS2/c1-16(2)30(17(3)4)36(33-14-13-28-12-10-27-24(28)37-38-25(6,7)8)35-22-18(5)34-23(21(22)26)29-11-9-19(31)15-20(29)32/h9-12,16-18,21-23H,13-15H2,1-8H3/i5D. The van der Waals surface area contributed by atoms with Crippen LogP contribution in [0.2, 0.25) is 0 Å². The Kier molecular flexibility index (Phi) is 10.7. The number of ketones is 1. The number of hydrogen-bond acceptors (Lipinski definition) is 9. The molecular formula is C25H40FN4O5PS2. The zero-order valence-electron chi connectivity index (χ0n) is 24.1. The van der Waals surface area contributed by atoms with E-state index in [-0.39, 0.29) is 35.9 Å². The van der Waals surface area contributed by atoms with Crippen LogP contribution in [-0.2, 0) is 29.9 Å². The lowest BCUT2D eigenvalue weighted by Gasteiger charge is -2.37. The molecule has 9 nitrogen and oxygen atoms in total. The van der Waals surface area contributed by atoms with Gasteiger partial charge < -0.3 is 18.4 Å². The molecule has 0 saturated carbocycles. The average molecular weight is 592 g/mol. The maximum absolute atomic E-state index is 15.8. The summed E-state index contributed by atoms with van der Waals surface area (Å²) in [5, 5.41) is 0.871. The van der Waals surface area contributed by atoms with Crippen LogP contribution in [0.4, 0.5) is 4.39 Å². The first-order valence-electron chi connectivity index (χ1n) is 13.4. The van der Waals surface area contributed by atoms with Gasteiger partial charge in [0.05, 0.1) is 19.1 Å². The second-order valence-corrected chi connectivity index (χ2v) is 15.0. The van der Waals surface area contributed by atoms with Crippen LogP contribution in [-0.4, -0.2) is 78.9 Å². The monoisotopic (exact) mass is 591 g/mol. The van der Waals surface area contributed by atoms with Crippen LogP contribution in [0.1, 0.15) is 63.2 Å². The molecule has 1 fully saturated rings. The second-order valence-electron chi connectivity index (χ2n) is 10.7. The summed E-state index contributed by atoms with van der Waals surface area (Å²) in [5.41, 5.74) is 0. The van der Waals surface area contributed by atoms with Crippen molar-refractivity contribution in [3.05, 3.63) is 24.7 Å². The Morgan fingerprint density at radius 2 is 2.03 bits per heavy atom. The summed E-state index contributed by atoms with van der Waals surface area (Å²) in [4.78, 5) is 29.5. The number of carbonyl (C=O) groups excluding carboxylic acids is 2. The Labute approximate surface area is 236 Å². The second kappa shape index (κ2) is 13.6. The first-order chi connectivity index (χ1) is 18.3. The number of ether oxygens (including phenoxy) is 1. The molecule has 1 amide bonds. The highest BCUT2D eigenvalue weighted by Gasteiger charge is 2.50. The lowest BCUT2D eigenvalue weighted by atomic mass is 10.1. The van der Waals surface area contributed by atoms with E-state index in [1.807, 2.05) is 38.5 Å². The maximum Gasteiger partial charge on any atom is 0.259 e. The van der Waals surface area contributed by atoms with Gasteiger partial charge in [0.1, 0.15) is 6.10 Å². The van der Waals surface area contributed by atoms with Gasteiger partial charge in [-0.15, -0.1) is 0 Å². The van der Waals surface area contributed by atoms with E-state index in [4.69, 9.17) is 15.2 Å². The fourth-order valence-corrected chi connectivity index (χ4v) is 7.80. The number of allylic oxidation sites excluding steroid dienone is 1. The smallest absolute Gasteiger partial charge is 0.259 e. The molecule has 0 spiro atoms. The Bertz CT molecular complexity index is 1000. The Morgan fingerprint density at radius 1 is 1.32 bits per heavy atom. The molecule has 3 rings (SSSR count). The number of aromatic nitrogens is 2. The van der Waals surface area contributed by atoms with Crippen molar-refractivity contribution in [1.29, 1.82) is 0 Å². The summed E-state index contributed by atoms with van der Waals surface area (Å²) in [7, 11) is 1.61. The molecule has 0 radical (unpaired) electrons. The first-order valence-corrected chi connectivity index (χ1v) is 16.0. The van der Waals surface area contributed by atoms with Gasteiger partial charge in [0, 0.05) is 43.3 Å². The van der Waals surface area contributed by atoms with E-state index in [1.54, 1.807) is 27.8 Å². The molecule has 1 saturated heterocycles. The number of alkyl halides is 1. The molecule has 0 N–H and O–H groups in total. The summed E-state index contributed by atoms with van der Waals surface area (Å²) < 4.78 is 46.3. The number of hydrogen-bond donors (Lipinski definition) is 0. The van der Waals surface area contributed by atoms with Gasteiger partial charge in [-0.3, -0.25) is 14.5 Å². The van der Waals surface area contributed by atoms with E-state index in [0.717, 1.165) is 10.1 Å². The molecule has 3 heterocycles. The maximum atomic E-state index is 15.8. The van der Waals surface area contributed by atoms with Gasteiger partial charge in [0.2, 0.25) is 5.91 Å². The molecule has 5 atom stereocenters. The van der Waals surface area contributed by atoms with E-state index >= 15 is 4.39 Å². The number of halogens is 1. The number of amides is 1. The highest BCUT2D eigenvalue weighted by Crippen LogP contribution is 2.50. The third-order valence-electron chi connectivity index (χ3n) is 5.61. The van der Waals surface area contributed by atoms with Crippen molar-refractivity contribution in [3.8, 4) is 0 Å². The van der Waals surface area contributed by atoms with Crippen molar-refractivity contribution >= 4 is 41.8 Å². The Morgan fingerprint density at radius 3 is 2.63 bits per heavy atom. The molecular weight excluding hydrogens is 550 g/mol. The zero-order valence-corrected chi connectivity index (χ0v) is 25.6. The molecule has 0 bridgehead atoms. The summed E-state index contributed by atoms with van der Waals surface area (Å²) in [5.74, 6) is -0.880. The van der Waals surface area contributed by atoms with Gasteiger partial charge in [-0.05, 0) is 51.5 Å². The SMILES string of the molecule is [2H]CC1OC(N2C=CC(=O)CC2=O)C(F)C1OP(OCCn1ccnc1SSC(C)(C)C)N(C(C)C)C(C)C. The summed E-state index contributed by atoms with van der Waals surface area (Å²) in [6.07, 6.45) is 0.807. The van der Waals surface area contributed by atoms with E-state index < -0.39 is 39.0 Å². The van der Waals surface area contributed by atoms with Crippen molar-refractivity contribution in [2.45, 2.75) is 115 Å². The summed E-state index contributed by atoms with van der Waals surface area (Å²) in [6, 6.07) is 0.0869. The minimum Gasteiger partial charge on any atom is -0.349 e. The molecule has 214 valence electrons. The van der Waals surface area contributed by atoms with Gasteiger partial charge in [0.15, 0.2) is 23.3 Å². The summed E-state index contributed by atoms with van der Waals surface area (Å²) in [6.45, 7) is 15.1. The van der Waals surface area contributed by atoms with Crippen molar-refractivity contribution in [2.75, 3.05) is 6.61 Å². The molecule has 0 aliphatic carbocycles. The summed E-state index contributed by atoms with van der Waals surface area (Å²) >= 11 is 0. The van der Waals surface area contributed by atoms with Gasteiger partial charge in [-0.2, -0.15) is 0 Å². The molecule has 38 heavy (non-hydrogen) atoms. The van der Waals surface area contributed by atoms with Gasteiger partial charge >= 0.3 is 0 Å². The van der Waals surface area contributed by atoms with Crippen molar-refractivity contribution < 1.29 is 29.1 Å². The molecule has 1 aromatic rings. The molecule has 0 aromatic carbocycles. The Hall–Kier alpha value is -1.01. The third kappa shape index (κ3) is 8.25. The molecule has 5 unspecified atom stereocenters. The van der Waals surface area contributed by atoms with Crippen LogP contribution >= 0.6 is 30.1 Å². The first kappa shape index (κ1) is 30.0.